The first-order chi connectivity index (χ1) is 8.25. The van der Waals surface area contributed by atoms with E-state index in [0.29, 0.717) is 6.54 Å². The lowest BCUT2D eigenvalue weighted by Gasteiger charge is -2.19. The third-order valence-electron chi connectivity index (χ3n) is 3.92. The number of amides is 2. The Morgan fingerprint density at radius 2 is 1.76 bits per heavy atom. The van der Waals surface area contributed by atoms with E-state index in [0.717, 1.165) is 45.2 Å². The van der Waals surface area contributed by atoms with Crippen LogP contribution in [-0.2, 0) is 9.59 Å². The van der Waals surface area contributed by atoms with Gasteiger partial charge in [-0.2, -0.15) is 0 Å². The monoisotopic (exact) mass is 238 g/mol. The van der Waals surface area contributed by atoms with E-state index in [2.05, 4.69) is 12.2 Å². The summed E-state index contributed by atoms with van der Waals surface area (Å²) in [6.45, 7) is 4.47. The number of carbonyl (C=O) groups is 2. The van der Waals surface area contributed by atoms with Crippen LogP contribution in [0.1, 0.15) is 39.0 Å². The summed E-state index contributed by atoms with van der Waals surface area (Å²) in [4.78, 5) is 25.7. The number of hydrogen-bond acceptors (Lipinski definition) is 3. The Labute approximate surface area is 103 Å². The Hall–Kier alpha value is -0.900. The van der Waals surface area contributed by atoms with Gasteiger partial charge < -0.3 is 5.32 Å². The number of rotatable bonds is 5. The predicted octanol–water partition coefficient (Wildman–Crippen LogP) is 1.16. The molecule has 0 spiro atoms. The molecule has 2 fully saturated rings. The summed E-state index contributed by atoms with van der Waals surface area (Å²) in [5.74, 6) is 0.207. The van der Waals surface area contributed by atoms with E-state index < -0.39 is 0 Å². The molecular weight excluding hydrogens is 216 g/mol. The number of fused-ring (bicyclic) bond motifs is 1. The maximum Gasteiger partial charge on any atom is 0.233 e. The number of likely N-dealkylation sites (tertiary alicyclic amines) is 1. The molecule has 0 bridgehead atoms. The Morgan fingerprint density at radius 3 is 2.29 bits per heavy atom. The normalized spacial score (nSPS) is 28.6. The largest absolute Gasteiger partial charge is 0.317 e. The van der Waals surface area contributed by atoms with Gasteiger partial charge in [0, 0.05) is 6.54 Å². The van der Waals surface area contributed by atoms with Gasteiger partial charge in [-0.05, 0) is 32.4 Å². The van der Waals surface area contributed by atoms with Crippen LogP contribution in [-0.4, -0.2) is 36.3 Å². The average molecular weight is 238 g/mol. The molecule has 17 heavy (non-hydrogen) atoms. The number of nitrogens with zero attached hydrogens (tertiary/aromatic N) is 1. The van der Waals surface area contributed by atoms with Gasteiger partial charge in [0.15, 0.2) is 0 Å². The molecule has 0 aromatic carbocycles. The molecule has 4 heteroatoms. The van der Waals surface area contributed by atoms with Crippen molar-refractivity contribution in [3.8, 4) is 0 Å². The molecule has 1 N–H and O–H groups in total. The van der Waals surface area contributed by atoms with Crippen molar-refractivity contribution in [2.45, 2.75) is 39.0 Å². The van der Waals surface area contributed by atoms with Crippen LogP contribution in [0.4, 0.5) is 0 Å². The van der Waals surface area contributed by atoms with E-state index in [1.807, 2.05) is 0 Å². The lowest BCUT2D eigenvalue weighted by Crippen LogP contribution is -2.33. The molecule has 0 aromatic rings. The van der Waals surface area contributed by atoms with Crippen LogP contribution in [0.15, 0.2) is 0 Å². The van der Waals surface area contributed by atoms with Crippen molar-refractivity contribution in [1.82, 2.24) is 10.2 Å². The summed E-state index contributed by atoms with van der Waals surface area (Å²) >= 11 is 0. The Balaban J connectivity index is 1.89. The molecule has 4 nitrogen and oxygen atoms in total. The van der Waals surface area contributed by atoms with Gasteiger partial charge in [0.2, 0.25) is 11.8 Å². The lowest BCUT2D eigenvalue weighted by molar-refractivity contribution is -0.139. The molecule has 0 radical (unpaired) electrons. The molecular formula is C13H22N2O2. The molecule has 2 atom stereocenters. The third kappa shape index (κ3) is 2.51. The molecule has 1 saturated heterocycles. The fourth-order valence-corrected chi connectivity index (χ4v) is 2.99. The van der Waals surface area contributed by atoms with Gasteiger partial charge in [0.25, 0.3) is 0 Å². The Bertz CT molecular complexity index is 280. The SMILES string of the molecule is CCNCCCN1C(=O)C2CCCCC2C1=O. The molecule has 1 aliphatic heterocycles. The third-order valence-corrected chi connectivity index (χ3v) is 3.92. The van der Waals surface area contributed by atoms with E-state index >= 15 is 0 Å². The highest BCUT2D eigenvalue weighted by molar-refractivity contribution is 6.05. The minimum absolute atomic E-state index is 0.00962. The maximum atomic E-state index is 12.1. The van der Waals surface area contributed by atoms with Crippen molar-refractivity contribution in [1.29, 1.82) is 0 Å². The topological polar surface area (TPSA) is 49.4 Å². The Kier molecular flexibility index (Phi) is 4.15. The number of nitrogens with one attached hydrogen (secondary N) is 1. The van der Waals surface area contributed by atoms with Crippen molar-refractivity contribution < 1.29 is 9.59 Å². The fourth-order valence-electron chi connectivity index (χ4n) is 2.99. The van der Waals surface area contributed by atoms with E-state index in [4.69, 9.17) is 0 Å². The number of carbonyl (C=O) groups excluding carboxylic acids is 2. The van der Waals surface area contributed by atoms with Crippen LogP contribution in [0, 0.1) is 11.8 Å². The van der Waals surface area contributed by atoms with Crippen LogP contribution in [0.5, 0.6) is 0 Å². The zero-order valence-corrected chi connectivity index (χ0v) is 10.6. The average Bonchev–Trinajstić information content (AvgIpc) is 2.60. The number of hydrogen-bond donors (Lipinski definition) is 1. The fraction of sp³-hybridized carbons (Fsp3) is 0.846. The zero-order valence-electron chi connectivity index (χ0n) is 10.6. The van der Waals surface area contributed by atoms with E-state index in [9.17, 15) is 9.59 Å². The molecule has 1 heterocycles. The molecule has 0 aromatic heterocycles. The molecule has 2 unspecified atom stereocenters. The summed E-state index contributed by atoms with van der Waals surface area (Å²) in [7, 11) is 0. The minimum atomic E-state index is 0.00962. The smallest absolute Gasteiger partial charge is 0.233 e. The summed E-state index contributed by atoms with van der Waals surface area (Å²) in [5.41, 5.74) is 0. The van der Waals surface area contributed by atoms with Crippen LogP contribution < -0.4 is 5.32 Å². The second-order valence-corrected chi connectivity index (χ2v) is 5.03. The first kappa shape index (κ1) is 12.6. The summed E-state index contributed by atoms with van der Waals surface area (Å²) in [6, 6.07) is 0. The second-order valence-electron chi connectivity index (χ2n) is 5.03. The van der Waals surface area contributed by atoms with Gasteiger partial charge in [-0.15, -0.1) is 0 Å². The van der Waals surface area contributed by atoms with E-state index in [-0.39, 0.29) is 23.7 Å². The summed E-state index contributed by atoms with van der Waals surface area (Å²) in [6.07, 6.45) is 4.90. The zero-order chi connectivity index (χ0) is 12.3. The van der Waals surface area contributed by atoms with Crippen molar-refractivity contribution in [2.75, 3.05) is 19.6 Å². The van der Waals surface area contributed by atoms with Gasteiger partial charge in [-0.3, -0.25) is 14.5 Å². The van der Waals surface area contributed by atoms with Crippen LogP contribution in [0.2, 0.25) is 0 Å². The van der Waals surface area contributed by atoms with E-state index in [1.54, 1.807) is 0 Å². The molecule has 1 saturated carbocycles. The van der Waals surface area contributed by atoms with Crippen LogP contribution in [0.25, 0.3) is 0 Å². The lowest BCUT2D eigenvalue weighted by atomic mass is 9.81. The second kappa shape index (κ2) is 5.63. The standard InChI is InChI=1S/C13H22N2O2/c1-2-14-8-5-9-15-12(16)10-6-3-4-7-11(10)13(15)17/h10-11,14H,2-9H2,1H3. The van der Waals surface area contributed by atoms with Crippen LogP contribution >= 0.6 is 0 Å². The highest BCUT2D eigenvalue weighted by atomic mass is 16.2. The van der Waals surface area contributed by atoms with Gasteiger partial charge in [-0.25, -0.2) is 0 Å². The van der Waals surface area contributed by atoms with Gasteiger partial charge in [0.1, 0.15) is 0 Å². The minimum Gasteiger partial charge on any atom is -0.317 e. The van der Waals surface area contributed by atoms with Gasteiger partial charge in [0.05, 0.1) is 11.8 Å². The maximum absolute atomic E-state index is 12.1. The quantitative estimate of drug-likeness (QED) is 0.577. The highest BCUT2D eigenvalue weighted by Crippen LogP contribution is 2.37. The Morgan fingerprint density at radius 1 is 1.18 bits per heavy atom. The van der Waals surface area contributed by atoms with Crippen molar-refractivity contribution in [3.05, 3.63) is 0 Å². The number of imide groups is 1. The van der Waals surface area contributed by atoms with Gasteiger partial charge in [-0.1, -0.05) is 19.8 Å². The van der Waals surface area contributed by atoms with Crippen molar-refractivity contribution in [3.63, 3.8) is 0 Å². The highest BCUT2D eigenvalue weighted by Gasteiger charge is 2.47. The summed E-state index contributed by atoms with van der Waals surface area (Å²) < 4.78 is 0. The predicted molar refractivity (Wildman–Crippen MR) is 65.3 cm³/mol. The first-order valence-corrected chi connectivity index (χ1v) is 6.81. The van der Waals surface area contributed by atoms with Gasteiger partial charge >= 0.3 is 0 Å². The first-order valence-electron chi connectivity index (χ1n) is 6.81. The molecule has 2 amide bonds. The summed E-state index contributed by atoms with van der Waals surface area (Å²) in [5, 5.41) is 3.22. The molecule has 2 aliphatic rings. The molecule has 1 aliphatic carbocycles. The van der Waals surface area contributed by atoms with Crippen molar-refractivity contribution in [2.24, 2.45) is 11.8 Å². The van der Waals surface area contributed by atoms with Crippen LogP contribution in [0.3, 0.4) is 0 Å². The van der Waals surface area contributed by atoms with Crippen molar-refractivity contribution >= 4 is 11.8 Å². The van der Waals surface area contributed by atoms with E-state index in [1.165, 1.54) is 4.90 Å². The molecule has 2 rings (SSSR count). The molecule has 96 valence electrons.